The Labute approximate surface area is 96.5 Å². The second-order valence-electron chi connectivity index (χ2n) is 6.19. The molecule has 0 bridgehead atoms. The summed E-state index contributed by atoms with van der Waals surface area (Å²) < 4.78 is 11.6. The first kappa shape index (κ1) is 10.6. The fourth-order valence-electron chi connectivity index (χ4n) is 4.25. The number of rotatable bonds is 1. The molecule has 1 aliphatic heterocycles. The first-order valence-corrected chi connectivity index (χ1v) is 6.31. The van der Waals surface area contributed by atoms with Crippen molar-refractivity contribution in [2.75, 3.05) is 0 Å². The van der Waals surface area contributed by atoms with Gasteiger partial charge in [0.15, 0.2) is 0 Å². The van der Waals surface area contributed by atoms with Gasteiger partial charge in [0.1, 0.15) is 17.3 Å². The predicted octanol–water partition coefficient (Wildman–Crippen LogP) is 2.43. The maximum Gasteiger partial charge on any atom is 0.303 e. The number of esters is 1. The molecule has 0 N–H and O–H groups in total. The Morgan fingerprint density at radius 2 is 2.06 bits per heavy atom. The van der Waals surface area contributed by atoms with Crippen molar-refractivity contribution in [2.24, 2.45) is 5.41 Å². The first-order chi connectivity index (χ1) is 7.44. The fraction of sp³-hybridized carbons (Fsp3) is 0.923. The molecule has 3 nitrogen and oxygen atoms in total. The third-order valence-corrected chi connectivity index (χ3v) is 5.03. The van der Waals surface area contributed by atoms with Crippen LogP contribution in [-0.2, 0) is 14.3 Å². The van der Waals surface area contributed by atoms with E-state index in [-0.39, 0.29) is 28.7 Å². The average molecular weight is 224 g/mol. The van der Waals surface area contributed by atoms with Crippen LogP contribution in [0.25, 0.3) is 0 Å². The SMILES string of the molecule is CC(=O)O[C@@H]1CC[C@]23O[C@]12CCCC3(C)C. The van der Waals surface area contributed by atoms with Gasteiger partial charge in [0, 0.05) is 6.92 Å². The monoisotopic (exact) mass is 224 g/mol. The Morgan fingerprint density at radius 1 is 1.31 bits per heavy atom. The molecule has 3 fully saturated rings. The number of carbonyl (C=O) groups is 1. The summed E-state index contributed by atoms with van der Waals surface area (Å²) in [5.74, 6) is -0.172. The molecule has 3 rings (SSSR count). The van der Waals surface area contributed by atoms with Crippen molar-refractivity contribution in [3.63, 3.8) is 0 Å². The van der Waals surface area contributed by atoms with E-state index in [1.165, 1.54) is 19.8 Å². The molecule has 1 heterocycles. The third-order valence-electron chi connectivity index (χ3n) is 5.03. The average Bonchev–Trinajstić information content (AvgIpc) is 2.76. The van der Waals surface area contributed by atoms with Gasteiger partial charge in [-0.25, -0.2) is 0 Å². The summed E-state index contributed by atoms with van der Waals surface area (Å²) in [5, 5.41) is 0. The Bertz CT molecular complexity index is 349. The lowest BCUT2D eigenvalue weighted by Crippen LogP contribution is -2.44. The zero-order valence-electron chi connectivity index (χ0n) is 10.3. The van der Waals surface area contributed by atoms with Gasteiger partial charge in [-0.05, 0) is 37.5 Å². The standard InChI is InChI=1S/C13H20O3/c1-9(14)15-10-5-8-13-11(2,3)6-4-7-12(10,13)16-13/h10H,4-8H2,1-3H3/t10-,12-,13-/m1/s1. The van der Waals surface area contributed by atoms with Crippen LogP contribution in [0, 0.1) is 5.41 Å². The van der Waals surface area contributed by atoms with E-state index in [1.54, 1.807) is 0 Å². The molecular weight excluding hydrogens is 204 g/mol. The molecule has 16 heavy (non-hydrogen) atoms. The number of hydrogen-bond donors (Lipinski definition) is 0. The minimum Gasteiger partial charge on any atom is -0.459 e. The van der Waals surface area contributed by atoms with Gasteiger partial charge >= 0.3 is 5.97 Å². The summed E-state index contributed by atoms with van der Waals surface area (Å²) in [6.45, 7) is 6.08. The minimum atomic E-state index is -0.172. The Balaban J connectivity index is 1.89. The lowest BCUT2D eigenvalue weighted by atomic mass is 9.64. The van der Waals surface area contributed by atoms with Crippen LogP contribution in [0.1, 0.15) is 52.9 Å². The second kappa shape index (κ2) is 2.81. The highest BCUT2D eigenvalue weighted by molar-refractivity contribution is 5.66. The zero-order valence-corrected chi connectivity index (χ0v) is 10.3. The van der Waals surface area contributed by atoms with Crippen LogP contribution in [0.2, 0.25) is 0 Å². The highest BCUT2D eigenvalue weighted by atomic mass is 16.7. The van der Waals surface area contributed by atoms with E-state index < -0.39 is 0 Å². The lowest BCUT2D eigenvalue weighted by molar-refractivity contribution is -0.150. The molecule has 2 aliphatic carbocycles. The van der Waals surface area contributed by atoms with Crippen molar-refractivity contribution in [3.05, 3.63) is 0 Å². The molecule has 0 amide bonds. The van der Waals surface area contributed by atoms with E-state index in [0.29, 0.717) is 0 Å². The van der Waals surface area contributed by atoms with Crippen molar-refractivity contribution in [3.8, 4) is 0 Å². The lowest BCUT2D eigenvalue weighted by Gasteiger charge is -2.36. The van der Waals surface area contributed by atoms with E-state index >= 15 is 0 Å². The zero-order chi connectivity index (χ0) is 11.6. The van der Waals surface area contributed by atoms with Crippen molar-refractivity contribution in [1.29, 1.82) is 0 Å². The number of carbonyl (C=O) groups excluding carboxylic acids is 1. The van der Waals surface area contributed by atoms with Crippen LogP contribution in [-0.4, -0.2) is 23.3 Å². The summed E-state index contributed by atoms with van der Waals surface area (Å²) in [5.41, 5.74) is 0.124. The van der Waals surface area contributed by atoms with Gasteiger partial charge in [-0.15, -0.1) is 0 Å². The van der Waals surface area contributed by atoms with Gasteiger partial charge in [-0.2, -0.15) is 0 Å². The molecule has 0 aromatic heterocycles. The Morgan fingerprint density at radius 3 is 2.75 bits per heavy atom. The van der Waals surface area contributed by atoms with E-state index in [4.69, 9.17) is 9.47 Å². The minimum absolute atomic E-state index is 0.00424. The molecule has 0 radical (unpaired) electrons. The molecule has 3 aliphatic rings. The van der Waals surface area contributed by atoms with Crippen molar-refractivity contribution >= 4 is 5.97 Å². The van der Waals surface area contributed by atoms with Crippen molar-refractivity contribution in [2.45, 2.75) is 70.2 Å². The normalized spacial score (nSPS) is 48.1. The van der Waals surface area contributed by atoms with Gasteiger partial charge in [0.2, 0.25) is 0 Å². The van der Waals surface area contributed by atoms with Crippen molar-refractivity contribution < 1.29 is 14.3 Å². The second-order valence-corrected chi connectivity index (χ2v) is 6.19. The van der Waals surface area contributed by atoms with Gasteiger partial charge in [-0.3, -0.25) is 4.79 Å². The van der Waals surface area contributed by atoms with E-state index in [2.05, 4.69) is 13.8 Å². The number of ether oxygens (including phenoxy) is 2. The van der Waals surface area contributed by atoms with Gasteiger partial charge < -0.3 is 9.47 Å². The number of hydrogen-bond acceptors (Lipinski definition) is 3. The highest BCUT2D eigenvalue weighted by Gasteiger charge is 2.83. The third kappa shape index (κ3) is 1.01. The van der Waals surface area contributed by atoms with E-state index in [0.717, 1.165) is 19.3 Å². The largest absolute Gasteiger partial charge is 0.459 e. The molecular formula is C13H20O3. The van der Waals surface area contributed by atoms with Gasteiger partial charge in [0.25, 0.3) is 0 Å². The summed E-state index contributed by atoms with van der Waals surface area (Å²) in [7, 11) is 0. The predicted molar refractivity (Wildman–Crippen MR) is 59.0 cm³/mol. The molecule has 1 saturated heterocycles. The molecule has 0 aromatic rings. The van der Waals surface area contributed by atoms with Gasteiger partial charge in [0.05, 0.1) is 0 Å². The van der Waals surface area contributed by atoms with E-state index in [1.807, 2.05) is 0 Å². The van der Waals surface area contributed by atoms with Crippen LogP contribution < -0.4 is 0 Å². The van der Waals surface area contributed by atoms with Crippen LogP contribution in [0.5, 0.6) is 0 Å². The molecule has 0 spiro atoms. The molecule has 90 valence electrons. The fourth-order valence-corrected chi connectivity index (χ4v) is 4.25. The van der Waals surface area contributed by atoms with Gasteiger partial charge in [-0.1, -0.05) is 13.8 Å². The number of epoxide rings is 1. The van der Waals surface area contributed by atoms with Crippen LogP contribution >= 0.6 is 0 Å². The Hall–Kier alpha value is -0.570. The molecule has 0 aromatic carbocycles. The molecule has 2 saturated carbocycles. The van der Waals surface area contributed by atoms with Crippen LogP contribution in [0.4, 0.5) is 0 Å². The molecule has 0 unspecified atom stereocenters. The molecule has 3 atom stereocenters. The highest BCUT2D eigenvalue weighted by Crippen LogP contribution is 2.73. The quantitative estimate of drug-likeness (QED) is 0.507. The maximum absolute atomic E-state index is 11.1. The topological polar surface area (TPSA) is 38.8 Å². The summed E-state index contributed by atoms with van der Waals surface area (Å²) in [4.78, 5) is 11.1. The summed E-state index contributed by atoms with van der Waals surface area (Å²) in [6, 6.07) is 0. The first-order valence-electron chi connectivity index (χ1n) is 6.31. The van der Waals surface area contributed by atoms with Crippen molar-refractivity contribution in [1.82, 2.24) is 0 Å². The van der Waals surface area contributed by atoms with E-state index in [9.17, 15) is 4.79 Å². The maximum atomic E-state index is 11.1. The summed E-state index contributed by atoms with van der Waals surface area (Å²) in [6.07, 6.45) is 5.51. The van der Waals surface area contributed by atoms with Crippen LogP contribution in [0.3, 0.4) is 0 Å². The smallest absolute Gasteiger partial charge is 0.303 e. The summed E-state index contributed by atoms with van der Waals surface area (Å²) >= 11 is 0. The van der Waals surface area contributed by atoms with Crippen LogP contribution in [0.15, 0.2) is 0 Å². The Kier molecular flexibility index (Phi) is 1.86. The molecule has 3 heteroatoms.